The van der Waals surface area contributed by atoms with Crippen LogP contribution in [0.1, 0.15) is 42.4 Å². The van der Waals surface area contributed by atoms with E-state index in [0.29, 0.717) is 24.2 Å². The smallest absolute Gasteiger partial charge is 0.253 e. The van der Waals surface area contributed by atoms with E-state index in [1.807, 2.05) is 37.3 Å². The lowest BCUT2D eigenvalue weighted by molar-refractivity contribution is 0.302. The zero-order valence-corrected chi connectivity index (χ0v) is 21.0. The molecule has 4 rings (SSSR count). The van der Waals surface area contributed by atoms with Crippen LogP contribution in [-0.2, 0) is 13.0 Å². The van der Waals surface area contributed by atoms with Crippen molar-refractivity contribution in [3.8, 4) is 11.5 Å². The van der Waals surface area contributed by atoms with Crippen molar-refractivity contribution in [2.45, 2.75) is 51.6 Å². The molecule has 0 saturated heterocycles. The van der Waals surface area contributed by atoms with Gasteiger partial charge >= 0.3 is 0 Å². The maximum absolute atomic E-state index is 12.9. The second-order valence-electron chi connectivity index (χ2n) is 8.95. The lowest BCUT2D eigenvalue weighted by atomic mass is 10.1. The predicted octanol–water partition coefficient (Wildman–Crippen LogP) is 4.72. The molecule has 1 fully saturated rings. The first-order valence-electron chi connectivity index (χ1n) is 11.9. The molecule has 1 aliphatic carbocycles. The van der Waals surface area contributed by atoms with Gasteiger partial charge in [0.05, 0.1) is 20.8 Å². The van der Waals surface area contributed by atoms with Crippen molar-refractivity contribution in [1.82, 2.24) is 15.2 Å². The molecule has 1 saturated carbocycles. The number of H-pyrrole nitrogens is 1. The molecule has 34 heavy (non-hydrogen) atoms. The molecule has 0 spiro atoms. The Morgan fingerprint density at radius 3 is 2.59 bits per heavy atom. The molecule has 3 aromatic rings. The van der Waals surface area contributed by atoms with Crippen molar-refractivity contribution in [3.63, 3.8) is 0 Å². The minimum Gasteiger partial charge on any atom is -0.493 e. The summed E-state index contributed by atoms with van der Waals surface area (Å²) in [5.74, 6) is 1.44. The Bertz CT molecular complexity index is 1220. The number of fused-ring (bicyclic) bond motifs is 1. The number of benzene rings is 2. The van der Waals surface area contributed by atoms with Gasteiger partial charge in [-0.05, 0) is 79.2 Å². The molecule has 2 N–H and O–H groups in total. The van der Waals surface area contributed by atoms with Gasteiger partial charge in [0.15, 0.2) is 16.6 Å². The number of rotatable bonds is 8. The second kappa shape index (κ2) is 10.9. The first kappa shape index (κ1) is 24.1. The van der Waals surface area contributed by atoms with Crippen molar-refractivity contribution < 1.29 is 9.47 Å². The Morgan fingerprint density at radius 2 is 1.85 bits per heavy atom. The number of aromatic nitrogens is 1. The third-order valence-corrected chi connectivity index (χ3v) is 6.96. The number of methoxy groups -OCH3 is 2. The summed E-state index contributed by atoms with van der Waals surface area (Å²) in [5.41, 5.74) is 3.84. The van der Waals surface area contributed by atoms with Crippen LogP contribution in [0.4, 0.5) is 0 Å². The van der Waals surface area contributed by atoms with Gasteiger partial charge in [-0.25, -0.2) is 0 Å². The third-order valence-electron chi connectivity index (χ3n) is 6.58. The van der Waals surface area contributed by atoms with E-state index in [0.717, 1.165) is 58.4 Å². The van der Waals surface area contributed by atoms with Gasteiger partial charge in [0.1, 0.15) is 0 Å². The molecule has 1 aromatic heterocycles. The van der Waals surface area contributed by atoms with Gasteiger partial charge in [-0.15, -0.1) is 0 Å². The average Bonchev–Trinajstić information content (AvgIpc) is 3.37. The highest BCUT2D eigenvalue weighted by molar-refractivity contribution is 7.80. The molecule has 6 nitrogen and oxygen atoms in total. The highest BCUT2D eigenvalue weighted by Crippen LogP contribution is 2.28. The molecule has 7 heteroatoms. The number of aryl methyl sites for hydroxylation is 1. The van der Waals surface area contributed by atoms with Crippen LogP contribution in [0.2, 0.25) is 0 Å². The first-order valence-corrected chi connectivity index (χ1v) is 12.3. The minimum absolute atomic E-state index is 0.0470. The Labute approximate surface area is 206 Å². The van der Waals surface area contributed by atoms with E-state index in [9.17, 15) is 4.79 Å². The molecule has 0 atom stereocenters. The van der Waals surface area contributed by atoms with Gasteiger partial charge in [-0.2, -0.15) is 0 Å². The fourth-order valence-corrected chi connectivity index (χ4v) is 5.01. The number of aromatic amines is 1. The van der Waals surface area contributed by atoms with Gasteiger partial charge in [0.25, 0.3) is 5.56 Å². The molecule has 0 bridgehead atoms. The van der Waals surface area contributed by atoms with Gasteiger partial charge in [-0.1, -0.05) is 31.0 Å². The van der Waals surface area contributed by atoms with E-state index >= 15 is 0 Å². The fraction of sp³-hybridized carbons (Fsp3) is 0.407. The molecule has 0 aliphatic heterocycles. The van der Waals surface area contributed by atoms with Crippen LogP contribution in [0.5, 0.6) is 11.5 Å². The third kappa shape index (κ3) is 5.53. The lowest BCUT2D eigenvalue weighted by Crippen LogP contribution is -2.45. The SMILES string of the molecule is COc1ccc(CCNC(=S)N(Cc2cc3ccc(C)cc3[nH]c2=O)C2CCCC2)cc1OC. The number of hydrogen-bond acceptors (Lipinski definition) is 4. The summed E-state index contributed by atoms with van der Waals surface area (Å²) < 4.78 is 10.7. The molecule has 1 heterocycles. The van der Waals surface area contributed by atoms with Gasteiger partial charge in [0.2, 0.25) is 0 Å². The van der Waals surface area contributed by atoms with E-state index in [-0.39, 0.29) is 5.56 Å². The molecular formula is C27H33N3O3S. The Kier molecular flexibility index (Phi) is 7.73. The standard InChI is InChI=1S/C27H33N3O3S/c1-18-8-10-20-16-21(26(31)29-23(20)14-18)17-30(22-6-4-5-7-22)27(34)28-13-12-19-9-11-24(32-2)25(15-19)33-3/h8-11,14-16,22H,4-7,12-13,17H2,1-3H3,(H,28,34)(H,29,31). The van der Waals surface area contributed by atoms with Gasteiger partial charge in [0, 0.05) is 23.7 Å². The maximum Gasteiger partial charge on any atom is 0.253 e. The van der Waals surface area contributed by atoms with Crippen molar-refractivity contribution >= 4 is 28.2 Å². The Morgan fingerprint density at radius 1 is 1.09 bits per heavy atom. The Hall–Kier alpha value is -3.06. The van der Waals surface area contributed by atoms with Crippen LogP contribution in [0.15, 0.2) is 47.3 Å². The highest BCUT2D eigenvalue weighted by Gasteiger charge is 2.25. The molecule has 0 unspecified atom stereocenters. The molecule has 2 aromatic carbocycles. The molecule has 1 aliphatic rings. The number of hydrogen-bond donors (Lipinski definition) is 2. The largest absolute Gasteiger partial charge is 0.493 e. The number of ether oxygens (including phenoxy) is 2. The van der Waals surface area contributed by atoms with E-state index < -0.39 is 0 Å². The summed E-state index contributed by atoms with van der Waals surface area (Å²) in [7, 11) is 3.28. The van der Waals surface area contributed by atoms with Crippen LogP contribution in [-0.4, -0.2) is 41.8 Å². The molecule has 0 amide bonds. The summed E-state index contributed by atoms with van der Waals surface area (Å²) in [6, 6.07) is 14.5. The highest BCUT2D eigenvalue weighted by atomic mass is 32.1. The van der Waals surface area contributed by atoms with E-state index in [1.165, 1.54) is 12.8 Å². The second-order valence-corrected chi connectivity index (χ2v) is 9.34. The fourth-order valence-electron chi connectivity index (χ4n) is 4.70. The normalized spacial score (nSPS) is 13.7. The van der Waals surface area contributed by atoms with Crippen LogP contribution in [0.3, 0.4) is 0 Å². The number of nitrogens with one attached hydrogen (secondary N) is 2. The molecule has 180 valence electrons. The van der Waals surface area contributed by atoms with Crippen molar-refractivity contribution in [3.05, 3.63) is 69.5 Å². The number of pyridine rings is 1. The maximum atomic E-state index is 12.9. The summed E-state index contributed by atoms with van der Waals surface area (Å²) in [6.45, 7) is 3.23. The van der Waals surface area contributed by atoms with E-state index in [4.69, 9.17) is 21.7 Å². The minimum atomic E-state index is -0.0470. The summed E-state index contributed by atoms with van der Waals surface area (Å²) in [6.07, 6.45) is 5.39. The van der Waals surface area contributed by atoms with Crippen LogP contribution < -0.4 is 20.3 Å². The molecular weight excluding hydrogens is 446 g/mol. The zero-order chi connectivity index (χ0) is 24.1. The summed E-state index contributed by atoms with van der Waals surface area (Å²) in [5, 5.41) is 5.18. The monoisotopic (exact) mass is 479 g/mol. The number of thiocarbonyl (C=S) groups is 1. The van der Waals surface area contributed by atoms with Gasteiger partial charge < -0.3 is 24.7 Å². The van der Waals surface area contributed by atoms with Crippen LogP contribution in [0.25, 0.3) is 10.9 Å². The van der Waals surface area contributed by atoms with Crippen LogP contribution in [0, 0.1) is 6.92 Å². The van der Waals surface area contributed by atoms with E-state index in [1.54, 1.807) is 14.2 Å². The molecule has 0 radical (unpaired) electrons. The van der Waals surface area contributed by atoms with Crippen molar-refractivity contribution in [1.29, 1.82) is 0 Å². The van der Waals surface area contributed by atoms with Crippen molar-refractivity contribution in [2.75, 3.05) is 20.8 Å². The lowest BCUT2D eigenvalue weighted by Gasteiger charge is -2.31. The average molecular weight is 480 g/mol. The van der Waals surface area contributed by atoms with Gasteiger partial charge in [-0.3, -0.25) is 4.79 Å². The topological polar surface area (TPSA) is 66.6 Å². The predicted molar refractivity (Wildman–Crippen MR) is 141 cm³/mol. The van der Waals surface area contributed by atoms with Crippen molar-refractivity contribution in [2.24, 2.45) is 0 Å². The first-order chi connectivity index (χ1) is 16.5. The zero-order valence-electron chi connectivity index (χ0n) is 20.1. The quantitative estimate of drug-likeness (QED) is 0.456. The van der Waals surface area contributed by atoms with E-state index in [2.05, 4.69) is 27.3 Å². The van der Waals surface area contributed by atoms with Crippen LogP contribution >= 0.6 is 12.2 Å². The summed E-state index contributed by atoms with van der Waals surface area (Å²) >= 11 is 5.83. The summed E-state index contributed by atoms with van der Waals surface area (Å²) in [4.78, 5) is 18.1. The Balaban J connectivity index is 1.46. The number of nitrogens with zero attached hydrogens (tertiary/aromatic N) is 1.